The predicted octanol–water partition coefficient (Wildman–Crippen LogP) is 2.65. The lowest BCUT2D eigenvalue weighted by molar-refractivity contribution is -0.148. The Labute approximate surface area is 190 Å². The molecule has 1 saturated heterocycles. The van der Waals surface area contributed by atoms with Crippen molar-refractivity contribution < 1.29 is 23.4 Å². The Morgan fingerprint density at radius 3 is 2.45 bits per heavy atom. The van der Waals surface area contributed by atoms with Gasteiger partial charge in [0.15, 0.2) is 5.79 Å². The van der Waals surface area contributed by atoms with Crippen molar-refractivity contribution in [3.63, 3.8) is 0 Å². The summed E-state index contributed by atoms with van der Waals surface area (Å²) in [6, 6.07) is 6.97. The van der Waals surface area contributed by atoms with Crippen LogP contribution < -0.4 is 11.2 Å². The molecule has 0 unspecified atom stereocenters. The number of nitrogens with zero attached hydrogens (tertiary/aromatic N) is 2. The molecule has 9 heteroatoms. The molecule has 1 aliphatic carbocycles. The van der Waals surface area contributed by atoms with E-state index >= 15 is 0 Å². The molecular formula is C24H27FN2O6. The molecule has 4 rings (SSSR count). The van der Waals surface area contributed by atoms with Crippen molar-refractivity contribution in [2.45, 2.75) is 64.3 Å². The minimum Gasteiger partial charge on any atom is -0.371 e. The summed E-state index contributed by atoms with van der Waals surface area (Å²) in [5.74, 6) is -3.07. The van der Waals surface area contributed by atoms with Crippen molar-refractivity contribution in [1.29, 1.82) is 0 Å². The summed E-state index contributed by atoms with van der Waals surface area (Å²) in [6.45, 7) is 9.46. The highest BCUT2D eigenvalue weighted by molar-refractivity contribution is 5.95. The third-order valence-electron chi connectivity index (χ3n) is 5.50. The average molecular weight is 458 g/mol. The van der Waals surface area contributed by atoms with Crippen LogP contribution in [-0.2, 0) is 14.2 Å². The molecule has 1 aromatic carbocycles. The molecule has 0 N–H and O–H groups in total. The third-order valence-corrected chi connectivity index (χ3v) is 5.50. The van der Waals surface area contributed by atoms with Crippen LogP contribution in [0.25, 0.3) is 0 Å². The predicted molar refractivity (Wildman–Crippen MR) is 118 cm³/mol. The molecule has 0 radical (unpaired) electrons. The maximum Gasteiger partial charge on any atom is 0.339 e. The van der Waals surface area contributed by atoms with Gasteiger partial charge in [0.1, 0.15) is 12.2 Å². The first-order chi connectivity index (χ1) is 15.4. The first-order valence-corrected chi connectivity index (χ1v) is 10.7. The van der Waals surface area contributed by atoms with Gasteiger partial charge in [0.25, 0.3) is 11.5 Å². The number of fused-ring (bicyclic) bond motifs is 1. The van der Waals surface area contributed by atoms with Gasteiger partial charge in [-0.1, -0.05) is 24.3 Å². The molecule has 0 bridgehead atoms. The van der Waals surface area contributed by atoms with Crippen molar-refractivity contribution in [3.05, 3.63) is 80.4 Å². The summed E-state index contributed by atoms with van der Waals surface area (Å²) in [5, 5.41) is 0. The molecule has 0 saturated carbocycles. The van der Waals surface area contributed by atoms with Crippen LogP contribution in [0.1, 0.15) is 51.0 Å². The van der Waals surface area contributed by atoms with E-state index < -0.39 is 52.6 Å². The second-order valence-corrected chi connectivity index (χ2v) is 9.63. The monoisotopic (exact) mass is 458 g/mol. The molecule has 0 spiro atoms. The second-order valence-electron chi connectivity index (χ2n) is 9.63. The van der Waals surface area contributed by atoms with E-state index in [1.54, 1.807) is 38.1 Å². The molecule has 1 fully saturated rings. The maximum atomic E-state index is 14.7. The van der Waals surface area contributed by atoms with Crippen molar-refractivity contribution in [3.8, 4) is 0 Å². The summed E-state index contributed by atoms with van der Waals surface area (Å²) in [6.07, 6.45) is 1.36. The van der Waals surface area contributed by atoms with Gasteiger partial charge in [0.2, 0.25) is 5.82 Å². The van der Waals surface area contributed by atoms with Crippen LogP contribution >= 0.6 is 0 Å². The smallest absolute Gasteiger partial charge is 0.339 e. The largest absolute Gasteiger partial charge is 0.371 e. The van der Waals surface area contributed by atoms with E-state index in [-0.39, 0.29) is 12.2 Å². The van der Waals surface area contributed by atoms with E-state index in [4.69, 9.17) is 14.2 Å². The van der Waals surface area contributed by atoms with Crippen LogP contribution in [0.5, 0.6) is 0 Å². The van der Waals surface area contributed by atoms with Gasteiger partial charge in [0, 0.05) is 5.56 Å². The van der Waals surface area contributed by atoms with E-state index in [1.807, 2.05) is 20.8 Å². The number of halogens is 1. The highest BCUT2D eigenvalue weighted by Crippen LogP contribution is 2.43. The van der Waals surface area contributed by atoms with E-state index in [0.29, 0.717) is 4.57 Å². The number of hydrogen-bond acceptors (Lipinski definition) is 6. The summed E-state index contributed by atoms with van der Waals surface area (Å²) in [4.78, 5) is 38.6. The Kier molecular flexibility index (Phi) is 5.76. The van der Waals surface area contributed by atoms with E-state index in [0.717, 1.165) is 16.3 Å². The molecule has 2 aliphatic rings. The topological polar surface area (TPSA) is 88.8 Å². The van der Waals surface area contributed by atoms with E-state index in [1.165, 1.54) is 12.1 Å². The highest BCUT2D eigenvalue weighted by Gasteiger charge is 2.51. The van der Waals surface area contributed by atoms with Crippen LogP contribution in [0, 0.1) is 5.82 Å². The van der Waals surface area contributed by atoms with Gasteiger partial charge >= 0.3 is 5.69 Å². The first-order valence-electron chi connectivity index (χ1n) is 10.7. The molecule has 0 amide bonds. The fourth-order valence-corrected chi connectivity index (χ4v) is 4.05. The molecule has 3 atom stereocenters. The molecule has 176 valence electrons. The van der Waals surface area contributed by atoms with Gasteiger partial charge in [0.05, 0.1) is 24.4 Å². The number of carbonyl (C=O) groups is 1. The number of carbonyl (C=O) groups excluding carboxylic acids is 1. The Balaban J connectivity index is 1.80. The fourth-order valence-electron chi connectivity index (χ4n) is 4.05. The third kappa shape index (κ3) is 4.48. The molecule has 1 aromatic heterocycles. The zero-order valence-corrected chi connectivity index (χ0v) is 19.2. The van der Waals surface area contributed by atoms with Crippen molar-refractivity contribution in [2.24, 2.45) is 0 Å². The Morgan fingerprint density at radius 2 is 1.82 bits per heavy atom. The number of rotatable bonds is 4. The van der Waals surface area contributed by atoms with Gasteiger partial charge < -0.3 is 14.2 Å². The Morgan fingerprint density at radius 1 is 1.15 bits per heavy atom. The normalized spacial score (nSPS) is 23.9. The summed E-state index contributed by atoms with van der Waals surface area (Å²) in [7, 11) is 0. The van der Waals surface area contributed by atoms with Crippen LogP contribution in [0.2, 0.25) is 0 Å². The van der Waals surface area contributed by atoms with Crippen LogP contribution in [0.3, 0.4) is 0 Å². The fraction of sp³-hybridized carbons (Fsp3) is 0.458. The Hall–Kier alpha value is -2.88. The minimum atomic E-state index is -1.30. The molecule has 2 heterocycles. The van der Waals surface area contributed by atoms with E-state index in [9.17, 15) is 18.8 Å². The first kappa shape index (κ1) is 23.3. The maximum absolute atomic E-state index is 14.7. The SMILES string of the molecule is CC(C)(C)OCC1=C[C@H](n2cc(F)c(=O)n(C(=O)c3ccccc3)c2=O)[C@H]2OC(C)(C)O[C@@H]12. The number of hydrogen-bond donors (Lipinski definition) is 0. The summed E-state index contributed by atoms with van der Waals surface area (Å²) < 4.78 is 34.0. The van der Waals surface area contributed by atoms with Gasteiger partial charge in [-0.25, -0.2) is 4.79 Å². The van der Waals surface area contributed by atoms with Crippen LogP contribution in [0.4, 0.5) is 4.39 Å². The zero-order chi connectivity index (χ0) is 24.1. The quantitative estimate of drug-likeness (QED) is 0.655. The van der Waals surface area contributed by atoms with Crippen LogP contribution in [0.15, 0.2) is 57.8 Å². The van der Waals surface area contributed by atoms with Crippen molar-refractivity contribution in [2.75, 3.05) is 6.61 Å². The molecule has 8 nitrogen and oxygen atoms in total. The lowest BCUT2D eigenvalue weighted by Crippen LogP contribution is -2.47. The minimum absolute atomic E-state index is 0.0922. The van der Waals surface area contributed by atoms with Gasteiger partial charge in [-0.3, -0.25) is 14.2 Å². The molecule has 33 heavy (non-hydrogen) atoms. The molecule has 1 aliphatic heterocycles. The van der Waals surface area contributed by atoms with Crippen molar-refractivity contribution in [1.82, 2.24) is 9.13 Å². The van der Waals surface area contributed by atoms with Gasteiger partial charge in [-0.05, 0) is 52.3 Å². The molecule has 2 aromatic rings. The van der Waals surface area contributed by atoms with Gasteiger partial charge in [-0.15, -0.1) is 0 Å². The van der Waals surface area contributed by atoms with Crippen molar-refractivity contribution >= 4 is 5.91 Å². The number of ether oxygens (including phenoxy) is 3. The lowest BCUT2D eigenvalue weighted by Gasteiger charge is -2.23. The number of benzene rings is 1. The molecular weight excluding hydrogens is 431 g/mol. The highest BCUT2D eigenvalue weighted by atomic mass is 19.1. The standard InChI is InChI=1S/C24H27FN2O6/c1-23(2,3)31-13-15-11-17(19-18(15)32-24(4,5)33-19)26-12-16(25)21(29)27(22(26)30)20(28)14-9-7-6-8-10-14/h6-12,17-19H,13H2,1-5H3/t17-,18-,19+/m0/s1. The average Bonchev–Trinajstić information content (AvgIpc) is 3.22. The summed E-state index contributed by atoms with van der Waals surface area (Å²) in [5.41, 5.74) is -1.84. The second kappa shape index (κ2) is 8.16. The summed E-state index contributed by atoms with van der Waals surface area (Å²) >= 11 is 0. The Bertz CT molecular complexity index is 1220. The zero-order valence-electron chi connectivity index (χ0n) is 19.2. The number of aromatic nitrogens is 2. The van der Waals surface area contributed by atoms with Gasteiger partial charge in [-0.2, -0.15) is 8.96 Å². The van der Waals surface area contributed by atoms with E-state index in [2.05, 4.69) is 0 Å². The lowest BCUT2D eigenvalue weighted by atomic mass is 10.1. The van der Waals surface area contributed by atoms with Crippen LogP contribution in [-0.4, -0.2) is 45.2 Å².